The molecule has 3 amide bonds. The molecular weight excluding hydrogens is 340 g/mol. The lowest BCUT2D eigenvalue weighted by Crippen LogP contribution is -2.46. The minimum atomic E-state index is -0.726. The van der Waals surface area contributed by atoms with Gasteiger partial charge in [0.15, 0.2) is 6.23 Å². The zero-order valence-electron chi connectivity index (χ0n) is 14.4. The smallest absolute Gasteiger partial charge is 0.315 e. The maximum Gasteiger partial charge on any atom is 0.315 e. The number of carbonyl (C=O) groups excluding carboxylic acids is 2. The normalized spacial score (nSPS) is 21.4. The van der Waals surface area contributed by atoms with E-state index in [0.717, 1.165) is 18.4 Å². The first-order chi connectivity index (χ1) is 12.6. The summed E-state index contributed by atoms with van der Waals surface area (Å²) in [5.41, 5.74) is 1.54. The van der Waals surface area contributed by atoms with Crippen molar-refractivity contribution in [1.82, 2.24) is 15.5 Å². The lowest BCUT2D eigenvalue weighted by atomic mass is 10.1. The summed E-state index contributed by atoms with van der Waals surface area (Å²) in [6.07, 6.45) is 0.937. The molecular formula is C17H24N4O5. The summed E-state index contributed by atoms with van der Waals surface area (Å²) in [5.74, 6) is 0.428. The number of aliphatic hydroxyl groups excluding tert-OH is 2. The molecule has 0 aromatic heterocycles. The highest BCUT2D eigenvalue weighted by Gasteiger charge is 2.27. The van der Waals surface area contributed by atoms with Gasteiger partial charge < -0.3 is 35.8 Å². The number of likely N-dealkylation sites (tertiary alicyclic amines) is 1. The van der Waals surface area contributed by atoms with Crippen molar-refractivity contribution in [2.45, 2.75) is 31.7 Å². The lowest BCUT2D eigenvalue weighted by Gasteiger charge is -2.24. The van der Waals surface area contributed by atoms with Crippen molar-refractivity contribution < 1.29 is 24.5 Å². The van der Waals surface area contributed by atoms with Crippen LogP contribution in [0.5, 0.6) is 5.75 Å². The van der Waals surface area contributed by atoms with Crippen LogP contribution in [0.15, 0.2) is 18.2 Å². The molecule has 2 atom stereocenters. The second-order valence-corrected chi connectivity index (χ2v) is 6.40. The first-order valence-corrected chi connectivity index (χ1v) is 8.69. The van der Waals surface area contributed by atoms with Gasteiger partial charge in [-0.2, -0.15) is 0 Å². The summed E-state index contributed by atoms with van der Waals surface area (Å²) in [4.78, 5) is 25.6. The van der Waals surface area contributed by atoms with E-state index in [0.29, 0.717) is 18.0 Å². The number of urea groups is 1. The zero-order chi connectivity index (χ0) is 18.5. The van der Waals surface area contributed by atoms with Crippen LogP contribution in [0.2, 0.25) is 0 Å². The molecule has 1 aromatic carbocycles. The third-order valence-corrected chi connectivity index (χ3v) is 4.53. The molecule has 0 spiro atoms. The van der Waals surface area contributed by atoms with Crippen LogP contribution in [0.3, 0.4) is 0 Å². The Bertz CT molecular complexity index is 669. The molecule has 0 saturated carbocycles. The second kappa shape index (κ2) is 8.24. The number of ether oxygens (including phenoxy) is 1. The minimum absolute atomic E-state index is 0.0514. The van der Waals surface area contributed by atoms with E-state index in [-0.39, 0.29) is 38.3 Å². The van der Waals surface area contributed by atoms with E-state index in [2.05, 4.69) is 16.0 Å². The van der Waals surface area contributed by atoms with E-state index >= 15 is 0 Å². The second-order valence-electron chi connectivity index (χ2n) is 6.40. The number of amides is 3. The molecule has 1 fully saturated rings. The molecule has 0 unspecified atom stereocenters. The van der Waals surface area contributed by atoms with Gasteiger partial charge in [0.05, 0.1) is 24.9 Å². The van der Waals surface area contributed by atoms with Crippen LogP contribution in [-0.4, -0.2) is 65.6 Å². The fraction of sp³-hybridized carbons (Fsp3) is 0.529. The maximum atomic E-state index is 12.1. The Balaban J connectivity index is 1.43. The number of rotatable bonds is 5. The highest BCUT2D eigenvalue weighted by molar-refractivity contribution is 5.84. The number of benzene rings is 1. The number of aliphatic hydroxyl groups is 2. The maximum absolute atomic E-state index is 12.1. The SMILES string of the molecule is O=C(NCC(=O)N1CCC[C@@H]1CO)NCc1ccc2c(c1)OC[C@@H](O)N2. The van der Waals surface area contributed by atoms with E-state index < -0.39 is 12.3 Å². The molecule has 1 aromatic rings. The van der Waals surface area contributed by atoms with Gasteiger partial charge in [-0.25, -0.2) is 4.79 Å². The van der Waals surface area contributed by atoms with Crippen LogP contribution in [-0.2, 0) is 11.3 Å². The van der Waals surface area contributed by atoms with Crippen LogP contribution in [0.4, 0.5) is 10.5 Å². The molecule has 3 rings (SSSR count). The van der Waals surface area contributed by atoms with Crippen molar-refractivity contribution in [3.63, 3.8) is 0 Å². The van der Waals surface area contributed by atoms with E-state index in [1.165, 1.54) is 0 Å². The highest BCUT2D eigenvalue weighted by Crippen LogP contribution is 2.29. The standard InChI is InChI=1S/C17H24N4O5/c22-9-12-2-1-5-21(12)16(24)8-19-17(25)18-7-11-3-4-13-14(6-11)26-10-15(23)20-13/h3-4,6,12,15,20,22-23H,1-2,5,7-10H2,(H2,18,19,25)/t12-,15-/m1/s1. The molecule has 26 heavy (non-hydrogen) atoms. The van der Waals surface area contributed by atoms with Crippen LogP contribution in [0.1, 0.15) is 18.4 Å². The molecule has 9 nitrogen and oxygen atoms in total. The molecule has 0 aliphatic carbocycles. The number of nitrogens with zero attached hydrogens (tertiary/aromatic N) is 1. The summed E-state index contributed by atoms with van der Waals surface area (Å²) < 4.78 is 5.43. The topological polar surface area (TPSA) is 123 Å². The van der Waals surface area contributed by atoms with Crippen molar-refractivity contribution in [3.8, 4) is 5.75 Å². The predicted molar refractivity (Wildman–Crippen MR) is 93.6 cm³/mol. The first kappa shape index (κ1) is 18.3. The van der Waals surface area contributed by atoms with Gasteiger partial charge in [0, 0.05) is 13.1 Å². The molecule has 142 valence electrons. The Morgan fingerprint density at radius 1 is 1.35 bits per heavy atom. The molecule has 2 aliphatic heterocycles. The summed E-state index contributed by atoms with van der Waals surface area (Å²) in [7, 11) is 0. The molecule has 0 radical (unpaired) electrons. The summed E-state index contributed by atoms with van der Waals surface area (Å²) in [6, 6.07) is 4.79. The number of carbonyl (C=O) groups is 2. The van der Waals surface area contributed by atoms with Gasteiger partial charge in [0.25, 0.3) is 0 Å². The van der Waals surface area contributed by atoms with Gasteiger partial charge in [0.2, 0.25) is 5.91 Å². The van der Waals surface area contributed by atoms with Gasteiger partial charge in [-0.05, 0) is 30.5 Å². The van der Waals surface area contributed by atoms with Crippen molar-refractivity contribution in [2.75, 3.05) is 31.6 Å². The van der Waals surface area contributed by atoms with Crippen LogP contribution in [0, 0.1) is 0 Å². The highest BCUT2D eigenvalue weighted by atomic mass is 16.5. The van der Waals surface area contributed by atoms with Gasteiger partial charge >= 0.3 is 6.03 Å². The monoisotopic (exact) mass is 364 g/mol. The van der Waals surface area contributed by atoms with Crippen LogP contribution in [0.25, 0.3) is 0 Å². The van der Waals surface area contributed by atoms with E-state index in [1.807, 2.05) is 6.07 Å². The van der Waals surface area contributed by atoms with E-state index in [4.69, 9.17) is 4.74 Å². The average Bonchev–Trinajstić information content (AvgIpc) is 3.13. The van der Waals surface area contributed by atoms with Crippen LogP contribution < -0.4 is 20.7 Å². The Morgan fingerprint density at radius 3 is 3.00 bits per heavy atom. The zero-order valence-corrected chi connectivity index (χ0v) is 14.4. The van der Waals surface area contributed by atoms with Crippen molar-refractivity contribution >= 4 is 17.6 Å². The Labute approximate surface area is 151 Å². The molecule has 2 aliphatic rings. The largest absolute Gasteiger partial charge is 0.487 e. The van der Waals surface area contributed by atoms with Gasteiger partial charge in [-0.3, -0.25) is 4.79 Å². The summed E-state index contributed by atoms with van der Waals surface area (Å²) in [5, 5.41) is 26.8. The number of hydrogen-bond acceptors (Lipinski definition) is 6. The first-order valence-electron chi connectivity index (χ1n) is 8.69. The Morgan fingerprint density at radius 2 is 2.19 bits per heavy atom. The fourth-order valence-corrected chi connectivity index (χ4v) is 3.16. The van der Waals surface area contributed by atoms with Crippen molar-refractivity contribution in [1.29, 1.82) is 0 Å². The Kier molecular flexibility index (Phi) is 5.79. The molecule has 9 heteroatoms. The molecule has 5 N–H and O–H groups in total. The van der Waals surface area contributed by atoms with Crippen LogP contribution >= 0.6 is 0 Å². The summed E-state index contributed by atoms with van der Waals surface area (Å²) in [6.45, 7) is 0.910. The number of hydrogen-bond donors (Lipinski definition) is 5. The van der Waals surface area contributed by atoms with Gasteiger partial charge in [0.1, 0.15) is 12.4 Å². The summed E-state index contributed by atoms with van der Waals surface area (Å²) >= 11 is 0. The Hall–Kier alpha value is -2.52. The average molecular weight is 364 g/mol. The van der Waals surface area contributed by atoms with Crippen molar-refractivity contribution in [3.05, 3.63) is 23.8 Å². The molecule has 1 saturated heterocycles. The van der Waals surface area contributed by atoms with Gasteiger partial charge in [-0.1, -0.05) is 6.07 Å². The minimum Gasteiger partial charge on any atom is -0.487 e. The number of anilines is 1. The molecule has 0 bridgehead atoms. The molecule has 2 heterocycles. The van der Waals surface area contributed by atoms with E-state index in [1.54, 1.807) is 17.0 Å². The van der Waals surface area contributed by atoms with E-state index in [9.17, 15) is 19.8 Å². The third kappa shape index (κ3) is 4.36. The third-order valence-electron chi connectivity index (χ3n) is 4.53. The predicted octanol–water partition coefficient (Wildman–Crippen LogP) is -0.408. The fourth-order valence-electron chi connectivity index (χ4n) is 3.16. The van der Waals surface area contributed by atoms with Crippen molar-refractivity contribution in [2.24, 2.45) is 0 Å². The number of nitrogens with one attached hydrogen (secondary N) is 3. The van der Waals surface area contributed by atoms with Gasteiger partial charge in [-0.15, -0.1) is 0 Å². The lowest BCUT2D eigenvalue weighted by molar-refractivity contribution is -0.131. The quantitative estimate of drug-likeness (QED) is 0.484. The number of fused-ring (bicyclic) bond motifs is 1.